The molecule has 4 aliphatic rings. The van der Waals surface area contributed by atoms with E-state index in [4.69, 9.17) is 10.8 Å². The number of carboxylic acid groups (broad SMARTS) is 1. The zero-order valence-electron chi connectivity index (χ0n) is 10.4. The molecule has 4 rings (SSSR count). The van der Waals surface area contributed by atoms with E-state index in [0.29, 0.717) is 18.4 Å². The zero-order chi connectivity index (χ0) is 12.9. The van der Waals surface area contributed by atoms with E-state index in [-0.39, 0.29) is 5.54 Å². The number of hydrogen-bond acceptors (Lipinski definition) is 3. The van der Waals surface area contributed by atoms with Gasteiger partial charge in [0.05, 0.1) is 0 Å². The number of carbonyl (C=O) groups excluding carboxylic acids is 1. The summed E-state index contributed by atoms with van der Waals surface area (Å²) < 4.78 is 0. The van der Waals surface area contributed by atoms with Gasteiger partial charge in [-0.3, -0.25) is 4.79 Å². The van der Waals surface area contributed by atoms with Crippen LogP contribution in [-0.2, 0) is 9.59 Å². The van der Waals surface area contributed by atoms with E-state index < -0.39 is 11.9 Å². The minimum absolute atomic E-state index is 0.312. The maximum Gasteiger partial charge on any atom is 0.394 e. The lowest BCUT2D eigenvalue weighted by atomic mass is 9.49. The second-order valence-corrected chi connectivity index (χ2v) is 6.40. The van der Waals surface area contributed by atoms with Crippen molar-refractivity contribution in [1.29, 1.82) is 0 Å². The van der Waals surface area contributed by atoms with Crippen molar-refractivity contribution in [3.05, 3.63) is 0 Å². The van der Waals surface area contributed by atoms with Crippen LogP contribution in [0.4, 0.5) is 0 Å². The molecule has 4 bridgehead atoms. The standard InChI is InChI=1S/C13H20N2O3/c14-13(6-15-11(16)12(17)18)9-2-7-1-8(4-9)5-10(13)3-7/h7-10H,1-6,14H2,(H,15,16)(H,17,18). The number of rotatable bonds is 2. The molecule has 0 aromatic carbocycles. The third-order valence-electron chi connectivity index (χ3n) is 5.41. The van der Waals surface area contributed by atoms with E-state index in [2.05, 4.69) is 5.32 Å². The van der Waals surface area contributed by atoms with Gasteiger partial charge in [-0.25, -0.2) is 4.79 Å². The Morgan fingerprint density at radius 1 is 1.11 bits per heavy atom. The minimum atomic E-state index is -1.43. The van der Waals surface area contributed by atoms with Gasteiger partial charge in [0.25, 0.3) is 0 Å². The van der Waals surface area contributed by atoms with Gasteiger partial charge in [-0.05, 0) is 55.8 Å². The lowest BCUT2D eigenvalue weighted by molar-refractivity contribution is -0.150. The fourth-order valence-corrected chi connectivity index (χ4v) is 4.66. The molecule has 5 heteroatoms. The monoisotopic (exact) mass is 252 g/mol. The molecule has 100 valence electrons. The van der Waals surface area contributed by atoms with Crippen molar-refractivity contribution >= 4 is 11.9 Å². The van der Waals surface area contributed by atoms with Crippen molar-refractivity contribution in [3.63, 3.8) is 0 Å². The molecule has 0 spiro atoms. The topological polar surface area (TPSA) is 92.4 Å². The van der Waals surface area contributed by atoms with E-state index in [1.807, 2.05) is 0 Å². The summed E-state index contributed by atoms with van der Waals surface area (Å²) in [6.07, 6.45) is 5.99. The van der Waals surface area contributed by atoms with Crippen LogP contribution in [0.15, 0.2) is 0 Å². The number of nitrogens with one attached hydrogen (secondary N) is 1. The number of carbonyl (C=O) groups is 2. The third kappa shape index (κ3) is 1.72. The fourth-order valence-electron chi connectivity index (χ4n) is 4.66. The Kier molecular flexibility index (Phi) is 2.62. The van der Waals surface area contributed by atoms with E-state index in [0.717, 1.165) is 37.5 Å². The molecular formula is C13H20N2O3. The van der Waals surface area contributed by atoms with Crippen LogP contribution in [0.5, 0.6) is 0 Å². The van der Waals surface area contributed by atoms with Crippen LogP contribution in [0, 0.1) is 23.7 Å². The summed E-state index contributed by atoms with van der Waals surface area (Å²) in [7, 11) is 0. The number of aliphatic carboxylic acids is 1. The fraction of sp³-hybridized carbons (Fsp3) is 0.846. The summed E-state index contributed by atoms with van der Waals surface area (Å²) in [5.74, 6) is 0.195. The average molecular weight is 252 g/mol. The van der Waals surface area contributed by atoms with Gasteiger partial charge in [0, 0.05) is 12.1 Å². The molecule has 4 N–H and O–H groups in total. The highest BCUT2D eigenvalue weighted by Crippen LogP contribution is 2.57. The summed E-state index contributed by atoms with van der Waals surface area (Å²) in [5, 5.41) is 11.1. The van der Waals surface area contributed by atoms with Crippen molar-refractivity contribution < 1.29 is 14.7 Å². The molecule has 0 heterocycles. The predicted octanol–water partition coefficient (Wildman–Crippen LogP) is 0.341. The molecule has 0 unspecified atom stereocenters. The van der Waals surface area contributed by atoms with Crippen molar-refractivity contribution in [2.24, 2.45) is 29.4 Å². The van der Waals surface area contributed by atoms with Crippen molar-refractivity contribution in [3.8, 4) is 0 Å². The van der Waals surface area contributed by atoms with Crippen LogP contribution in [0.2, 0.25) is 0 Å². The molecule has 4 aliphatic carbocycles. The first-order valence-corrected chi connectivity index (χ1v) is 6.79. The van der Waals surface area contributed by atoms with Gasteiger partial charge in [0.2, 0.25) is 0 Å². The first-order chi connectivity index (χ1) is 8.49. The maximum absolute atomic E-state index is 11.2. The largest absolute Gasteiger partial charge is 0.474 e. The number of carboxylic acids is 1. The molecule has 5 nitrogen and oxygen atoms in total. The van der Waals surface area contributed by atoms with Crippen LogP contribution in [0.1, 0.15) is 32.1 Å². The Morgan fingerprint density at radius 2 is 1.61 bits per heavy atom. The Labute approximate surface area is 106 Å². The Hall–Kier alpha value is -1.10. The summed E-state index contributed by atoms with van der Waals surface area (Å²) in [6, 6.07) is 0. The van der Waals surface area contributed by atoms with E-state index in [1.165, 1.54) is 6.42 Å². The molecule has 0 aromatic heterocycles. The molecule has 4 fully saturated rings. The Balaban J connectivity index is 1.70. The van der Waals surface area contributed by atoms with Crippen molar-refractivity contribution in [2.75, 3.05) is 6.54 Å². The number of nitrogens with two attached hydrogens (primary N) is 1. The molecular weight excluding hydrogens is 232 g/mol. The second-order valence-electron chi connectivity index (χ2n) is 6.40. The second kappa shape index (κ2) is 3.95. The lowest BCUT2D eigenvalue weighted by Crippen LogP contribution is -2.67. The predicted molar refractivity (Wildman–Crippen MR) is 64.6 cm³/mol. The smallest absolute Gasteiger partial charge is 0.394 e. The number of amides is 1. The normalized spacial score (nSPS) is 44.9. The van der Waals surface area contributed by atoms with Crippen LogP contribution >= 0.6 is 0 Å². The highest BCUT2D eigenvalue weighted by atomic mass is 16.4. The molecule has 0 aromatic rings. The van der Waals surface area contributed by atoms with E-state index >= 15 is 0 Å². The molecule has 0 radical (unpaired) electrons. The van der Waals surface area contributed by atoms with E-state index in [9.17, 15) is 9.59 Å². The quantitative estimate of drug-likeness (QED) is 0.618. The molecule has 4 saturated carbocycles. The van der Waals surface area contributed by atoms with Gasteiger partial charge in [0.15, 0.2) is 0 Å². The van der Waals surface area contributed by atoms with Crippen molar-refractivity contribution in [2.45, 2.75) is 37.6 Å². The van der Waals surface area contributed by atoms with Crippen molar-refractivity contribution in [1.82, 2.24) is 5.32 Å². The zero-order valence-corrected chi connectivity index (χ0v) is 10.4. The first kappa shape index (κ1) is 12.0. The minimum Gasteiger partial charge on any atom is -0.474 e. The van der Waals surface area contributed by atoms with Gasteiger partial charge in [0.1, 0.15) is 0 Å². The molecule has 18 heavy (non-hydrogen) atoms. The summed E-state index contributed by atoms with van der Waals surface area (Å²) >= 11 is 0. The van der Waals surface area contributed by atoms with Gasteiger partial charge < -0.3 is 16.2 Å². The summed E-state index contributed by atoms with van der Waals surface area (Å²) in [4.78, 5) is 21.7. The van der Waals surface area contributed by atoms with Gasteiger partial charge in [-0.2, -0.15) is 0 Å². The molecule has 0 saturated heterocycles. The highest BCUT2D eigenvalue weighted by Gasteiger charge is 2.55. The SMILES string of the molecule is NC1(CNC(=O)C(=O)O)C2CC3CC(C2)CC1C3. The van der Waals surface area contributed by atoms with Crippen LogP contribution in [-0.4, -0.2) is 29.1 Å². The third-order valence-corrected chi connectivity index (χ3v) is 5.41. The number of hydrogen-bond donors (Lipinski definition) is 3. The summed E-state index contributed by atoms with van der Waals surface area (Å²) in [5.41, 5.74) is 6.16. The van der Waals surface area contributed by atoms with Gasteiger partial charge in [-0.1, -0.05) is 0 Å². The average Bonchev–Trinajstić information content (AvgIpc) is 2.32. The maximum atomic E-state index is 11.2. The Morgan fingerprint density at radius 3 is 2.06 bits per heavy atom. The highest BCUT2D eigenvalue weighted by molar-refractivity contribution is 6.31. The molecule has 0 atom stereocenters. The Bertz CT molecular complexity index is 366. The van der Waals surface area contributed by atoms with Crippen LogP contribution < -0.4 is 11.1 Å². The molecule has 1 amide bonds. The molecule has 0 aliphatic heterocycles. The van der Waals surface area contributed by atoms with E-state index in [1.54, 1.807) is 0 Å². The van der Waals surface area contributed by atoms with Gasteiger partial charge >= 0.3 is 11.9 Å². The lowest BCUT2D eigenvalue weighted by Gasteiger charge is -2.59. The first-order valence-electron chi connectivity index (χ1n) is 6.79. The van der Waals surface area contributed by atoms with Crippen LogP contribution in [0.25, 0.3) is 0 Å². The van der Waals surface area contributed by atoms with Crippen LogP contribution in [0.3, 0.4) is 0 Å². The van der Waals surface area contributed by atoms with Gasteiger partial charge in [-0.15, -0.1) is 0 Å². The summed E-state index contributed by atoms with van der Waals surface area (Å²) in [6.45, 7) is 0.312.